The second kappa shape index (κ2) is 6.62. The van der Waals surface area contributed by atoms with E-state index >= 15 is 0 Å². The molecule has 1 aromatic rings. The Balaban J connectivity index is 3.14. The van der Waals surface area contributed by atoms with Gasteiger partial charge in [0.05, 0.1) is 4.90 Å². The molecular weight excluding hydrogens is 294 g/mol. The molecule has 1 aromatic carbocycles. The van der Waals surface area contributed by atoms with Crippen molar-refractivity contribution in [3.05, 3.63) is 29.3 Å². The van der Waals surface area contributed by atoms with E-state index in [1.165, 1.54) is 4.31 Å². The van der Waals surface area contributed by atoms with Crippen LogP contribution < -0.4 is 5.73 Å². The van der Waals surface area contributed by atoms with Crippen LogP contribution in [0.1, 0.15) is 11.1 Å². The van der Waals surface area contributed by atoms with E-state index in [9.17, 15) is 8.42 Å². The van der Waals surface area contributed by atoms with Crippen molar-refractivity contribution in [2.45, 2.75) is 11.8 Å². The predicted molar refractivity (Wildman–Crippen MR) is 85.4 cm³/mol. The van der Waals surface area contributed by atoms with Gasteiger partial charge in [0, 0.05) is 25.7 Å². The van der Waals surface area contributed by atoms with Crippen LogP contribution >= 0.6 is 12.2 Å². The van der Waals surface area contributed by atoms with Gasteiger partial charge in [0.25, 0.3) is 0 Å². The smallest absolute Gasteiger partial charge is 0.243 e. The molecular formula is C13H21N3O2S2. The van der Waals surface area contributed by atoms with E-state index in [1.54, 1.807) is 32.2 Å². The van der Waals surface area contributed by atoms with Gasteiger partial charge in [-0.1, -0.05) is 24.4 Å². The summed E-state index contributed by atoms with van der Waals surface area (Å²) in [5.74, 6) is 0. The molecule has 1 rings (SSSR count). The van der Waals surface area contributed by atoms with Crippen LogP contribution in [0.5, 0.6) is 0 Å². The quantitative estimate of drug-likeness (QED) is 0.787. The van der Waals surface area contributed by atoms with Crippen LogP contribution in [0.15, 0.2) is 23.1 Å². The number of sulfonamides is 1. The minimum atomic E-state index is -3.53. The molecule has 20 heavy (non-hydrogen) atoms. The van der Waals surface area contributed by atoms with Gasteiger partial charge in [-0.3, -0.25) is 0 Å². The Hall–Kier alpha value is -1.02. The average Bonchev–Trinajstić information content (AvgIpc) is 2.35. The lowest BCUT2D eigenvalue weighted by Crippen LogP contribution is -2.34. The molecule has 0 aliphatic carbocycles. The van der Waals surface area contributed by atoms with Gasteiger partial charge in [0.2, 0.25) is 10.0 Å². The molecule has 0 bridgehead atoms. The van der Waals surface area contributed by atoms with Crippen LogP contribution in [0.2, 0.25) is 0 Å². The highest BCUT2D eigenvalue weighted by atomic mass is 32.2. The third-order valence-electron chi connectivity index (χ3n) is 3.02. The van der Waals surface area contributed by atoms with Gasteiger partial charge >= 0.3 is 0 Å². The lowest BCUT2D eigenvalue weighted by atomic mass is 10.1. The number of hydrogen-bond donors (Lipinski definition) is 1. The zero-order valence-corrected chi connectivity index (χ0v) is 13.9. The monoisotopic (exact) mass is 315 g/mol. The van der Waals surface area contributed by atoms with Gasteiger partial charge in [0.1, 0.15) is 4.99 Å². The maximum Gasteiger partial charge on any atom is 0.243 e. The molecule has 112 valence electrons. The van der Waals surface area contributed by atoms with Crippen molar-refractivity contribution in [1.29, 1.82) is 0 Å². The first-order valence-electron chi connectivity index (χ1n) is 6.17. The summed E-state index contributed by atoms with van der Waals surface area (Å²) < 4.78 is 26.5. The third kappa shape index (κ3) is 3.99. The fraction of sp³-hybridized carbons (Fsp3) is 0.462. The summed E-state index contributed by atoms with van der Waals surface area (Å²) >= 11 is 4.90. The molecule has 0 fully saturated rings. The molecule has 0 aliphatic heterocycles. The van der Waals surface area contributed by atoms with E-state index in [-0.39, 0.29) is 9.88 Å². The summed E-state index contributed by atoms with van der Waals surface area (Å²) in [5.41, 5.74) is 6.81. The number of rotatable bonds is 6. The van der Waals surface area contributed by atoms with Crippen LogP contribution in [0.25, 0.3) is 0 Å². The summed E-state index contributed by atoms with van der Waals surface area (Å²) in [6.07, 6.45) is 0. The van der Waals surface area contributed by atoms with Gasteiger partial charge in [-0.05, 0) is 32.6 Å². The van der Waals surface area contributed by atoms with Gasteiger partial charge in [-0.25, -0.2) is 8.42 Å². The first-order chi connectivity index (χ1) is 9.16. The van der Waals surface area contributed by atoms with Crippen molar-refractivity contribution in [3.8, 4) is 0 Å². The van der Waals surface area contributed by atoms with Crippen molar-refractivity contribution in [1.82, 2.24) is 9.21 Å². The van der Waals surface area contributed by atoms with Crippen molar-refractivity contribution in [3.63, 3.8) is 0 Å². The molecule has 5 nitrogen and oxygen atoms in total. The summed E-state index contributed by atoms with van der Waals surface area (Å²) in [4.78, 5) is 2.38. The van der Waals surface area contributed by atoms with E-state index in [4.69, 9.17) is 18.0 Å². The first kappa shape index (κ1) is 17.0. The Morgan fingerprint density at radius 3 is 2.35 bits per heavy atom. The molecule has 0 radical (unpaired) electrons. The highest BCUT2D eigenvalue weighted by Gasteiger charge is 2.23. The molecule has 7 heteroatoms. The van der Waals surface area contributed by atoms with Gasteiger partial charge in [-0.2, -0.15) is 4.31 Å². The predicted octanol–water partition coefficient (Wildman–Crippen LogP) is 0.811. The van der Waals surface area contributed by atoms with Crippen molar-refractivity contribution >= 4 is 27.2 Å². The number of hydrogen-bond acceptors (Lipinski definition) is 4. The molecule has 0 saturated heterocycles. The summed E-state index contributed by atoms with van der Waals surface area (Å²) in [5, 5.41) is 0. The molecule has 0 heterocycles. The second-order valence-electron chi connectivity index (χ2n) is 4.97. The van der Waals surface area contributed by atoms with E-state index in [1.807, 2.05) is 19.0 Å². The van der Waals surface area contributed by atoms with Gasteiger partial charge in [0.15, 0.2) is 0 Å². The zero-order chi connectivity index (χ0) is 15.5. The van der Waals surface area contributed by atoms with E-state index in [2.05, 4.69) is 0 Å². The van der Waals surface area contributed by atoms with Crippen LogP contribution in [-0.2, 0) is 10.0 Å². The first-order valence-corrected chi connectivity index (χ1v) is 8.02. The number of benzene rings is 1. The molecule has 0 atom stereocenters. The van der Waals surface area contributed by atoms with Gasteiger partial charge in [-0.15, -0.1) is 0 Å². The highest BCUT2D eigenvalue weighted by molar-refractivity contribution is 7.89. The number of nitrogens with two attached hydrogens (primary N) is 1. The fourth-order valence-electron chi connectivity index (χ4n) is 1.66. The normalized spacial score (nSPS) is 12.1. The summed E-state index contributed by atoms with van der Waals surface area (Å²) in [7, 11) is 1.85. The standard InChI is InChI=1S/C13H21N3O2S2/c1-10-5-6-11(13(14)19)9-12(10)20(17,18)16(4)8-7-15(2)3/h5-6,9H,7-8H2,1-4H3,(H2,14,19). The van der Waals surface area contributed by atoms with E-state index in [0.29, 0.717) is 24.2 Å². The lowest BCUT2D eigenvalue weighted by molar-refractivity contribution is 0.358. The topological polar surface area (TPSA) is 66.6 Å². The maximum absolute atomic E-state index is 12.6. The SMILES string of the molecule is Cc1ccc(C(N)=S)cc1S(=O)(=O)N(C)CCN(C)C. The molecule has 2 N–H and O–H groups in total. The number of aryl methyl sites for hydroxylation is 1. The van der Waals surface area contributed by atoms with Crippen molar-refractivity contribution in [2.24, 2.45) is 5.73 Å². The van der Waals surface area contributed by atoms with Crippen LogP contribution in [0.4, 0.5) is 0 Å². The molecule has 0 saturated carbocycles. The Bertz CT molecular complexity index is 598. The fourth-order valence-corrected chi connectivity index (χ4v) is 3.20. The average molecular weight is 315 g/mol. The minimum Gasteiger partial charge on any atom is -0.389 e. The minimum absolute atomic E-state index is 0.192. The third-order valence-corrected chi connectivity index (χ3v) is 5.26. The Kier molecular flexibility index (Phi) is 5.64. The Morgan fingerprint density at radius 1 is 1.25 bits per heavy atom. The van der Waals surface area contributed by atoms with Crippen molar-refractivity contribution in [2.75, 3.05) is 34.2 Å². The molecule has 0 amide bonds. The lowest BCUT2D eigenvalue weighted by Gasteiger charge is -2.20. The summed E-state index contributed by atoms with van der Waals surface area (Å²) in [6.45, 7) is 2.84. The molecule has 0 aliphatic rings. The van der Waals surface area contributed by atoms with Gasteiger partial charge < -0.3 is 10.6 Å². The maximum atomic E-state index is 12.6. The molecule has 0 spiro atoms. The molecule has 0 unspecified atom stereocenters. The Morgan fingerprint density at radius 2 is 1.85 bits per heavy atom. The van der Waals surface area contributed by atoms with Crippen LogP contribution in [0, 0.1) is 6.92 Å². The number of likely N-dealkylation sites (N-methyl/N-ethyl adjacent to an activating group) is 2. The summed E-state index contributed by atoms with van der Waals surface area (Å²) in [6, 6.07) is 5.00. The zero-order valence-electron chi connectivity index (χ0n) is 12.3. The van der Waals surface area contributed by atoms with Crippen molar-refractivity contribution < 1.29 is 8.42 Å². The second-order valence-corrected chi connectivity index (χ2v) is 7.43. The Labute approximate surface area is 126 Å². The van der Waals surface area contributed by atoms with E-state index in [0.717, 1.165) is 0 Å². The van der Waals surface area contributed by atoms with Crippen LogP contribution in [-0.4, -0.2) is 56.8 Å². The number of nitrogens with zero attached hydrogens (tertiary/aromatic N) is 2. The van der Waals surface area contributed by atoms with Crippen LogP contribution in [0.3, 0.4) is 0 Å². The highest BCUT2D eigenvalue weighted by Crippen LogP contribution is 2.20. The largest absolute Gasteiger partial charge is 0.389 e. The number of thiocarbonyl (C=S) groups is 1. The molecule has 0 aromatic heterocycles. The van der Waals surface area contributed by atoms with E-state index < -0.39 is 10.0 Å².